The van der Waals surface area contributed by atoms with Gasteiger partial charge in [-0.1, -0.05) is 19.8 Å². The van der Waals surface area contributed by atoms with E-state index in [1.54, 1.807) is 0 Å². The summed E-state index contributed by atoms with van der Waals surface area (Å²) in [6, 6.07) is 1.25. The molecule has 0 unspecified atom stereocenters. The van der Waals surface area contributed by atoms with Gasteiger partial charge in [0.25, 0.3) is 5.91 Å². The van der Waals surface area contributed by atoms with Crippen molar-refractivity contribution in [2.75, 3.05) is 19.7 Å². The van der Waals surface area contributed by atoms with Gasteiger partial charge in [0.2, 0.25) is 0 Å². The van der Waals surface area contributed by atoms with Crippen LogP contribution in [0.25, 0.3) is 0 Å². The summed E-state index contributed by atoms with van der Waals surface area (Å²) in [6.45, 7) is 2.13. The zero-order valence-electron chi connectivity index (χ0n) is 11.4. The third-order valence-corrected chi connectivity index (χ3v) is 2.94. The molecule has 0 bridgehead atoms. The number of nitrogens with zero attached hydrogens (tertiary/aromatic N) is 1. The largest absolute Gasteiger partial charge is 0.507 e. The topological polar surface area (TPSA) is 60.8 Å². The Morgan fingerprint density at radius 3 is 2.50 bits per heavy atom. The quantitative estimate of drug-likeness (QED) is 0.756. The summed E-state index contributed by atoms with van der Waals surface area (Å²) in [4.78, 5) is 13.4. The predicted octanol–water partition coefficient (Wildman–Crippen LogP) is 2.30. The highest BCUT2D eigenvalue weighted by Gasteiger charge is 2.23. The van der Waals surface area contributed by atoms with Crippen LogP contribution in [0.4, 0.5) is 8.78 Å². The Morgan fingerprint density at radius 1 is 1.25 bits per heavy atom. The molecule has 1 rings (SSSR count). The van der Waals surface area contributed by atoms with E-state index < -0.39 is 28.9 Å². The molecule has 0 saturated carbocycles. The van der Waals surface area contributed by atoms with Crippen molar-refractivity contribution in [3.63, 3.8) is 0 Å². The van der Waals surface area contributed by atoms with Gasteiger partial charge in [-0.25, -0.2) is 8.78 Å². The van der Waals surface area contributed by atoms with Crippen molar-refractivity contribution in [3.05, 3.63) is 29.3 Å². The number of aliphatic hydroxyl groups is 1. The van der Waals surface area contributed by atoms with Crippen molar-refractivity contribution >= 4 is 5.91 Å². The molecule has 0 saturated heterocycles. The Kier molecular flexibility index (Phi) is 6.38. The molecule has 0 heterocycles. The third-order valence-electron chi connectivity index (χ3n) is 2.94. The summed E-state index contributed by atoms with van der Waals surface area (Å²) >= 11 is 0. The standard InChI is InChI=1S/C14H19F2NO3/c1-2-3-4-5-17(6-7-18)14(20)13-11(16)8-10(15)9-12(13)19/h8-9,18-19H,2-7H2,1H3. The van der Waals surface area contributed by atoms with E-state index in [4.69, 9.17) is 5.11 Å². The van der Waals surface area contributed by atoms with Crippen LogP contribution in [-0.2, 0) is 0 Å². The second kappa shape index (κ2) is 7.79. The maximum atomic E-state index is 13.6. The van der Waals surface area contributed by atoms with Gasteiger partial charge >= 0.3 is 0 Å². The van der Waals surface area contributed by atoms with Crippen molar-refractivity contribution < 1.29 is 23.8 Å². The van der Waals surface area contributed by atoms with Crippen molar-refractivity contribution in [2.24, 2.45) is 0 Å². The second-order valence-corrected chi connectivity index (χ2v) is 4.50. The van der Waals surface area contributed by atoms with Gasteiger partial charge in [-0.2, -0.15) is 0 Å². The van der Waals surface area contributed by atoms with E-state index >= 15 is 0 Å². The molecule has 0 radical (unpaired) electrons. The number of halogens is 2. The summed E-state index contributed by atoms with van der Waals surface area (Å²) in [6.07, 6.45) is 2.57. The average molecular weight is 287 g/mol. The van der Waals surface area contributed by atoms with Crippen LogP contribution in [0.1, 0.15) is 36.5 Å². The lowest BCUT2D eigenvalue weighted by atomic mass is 10.1. The zero-order chi connectivity index (χ0) is 15.1. The van der Waals surface area contributed by atoms with Crippen LogP contribution in [0.5, 0.6) is 5.75 Å². The van der Waals surface area contributed by atoms with E-state index in [0.717, 1.165) is 12.8 Å². The lowest BCUT2D eigenvalue weighted by Crippen LogP contribution is -2.35. The minimum Gasteiger partial charge on any atom is -0.507 e. The molecule has 0 aliphatic rings. The summed E-state index contributed by atoms with van der Waals surface area (Å²) in [5.41, 5.74) is -0.559. The highest BCUT2D eigenvalue weighted by molar-refractivity contribution is 5.97. The monoisotopic (exact) mass is 287 g/mol. The van der Waals surface area contributed by atoms with Crippen molar-refractivity contribution in [1.29, 1.82) is 0 Å². The Balaban J connectivity index is 2.94. The molecule has 1 aromatic carbocycles. The molecule has 0 atom stereocenters. The lowest BCUT2D eigenvalue weighted by Gasteiger charge is -2.22. The van der Waals surface area contributed by atoms with Crippen molar-refractivity contribution in [3.8, 4) is 5.75 Å². The molecular weight excluding hydrogens is 268 g/mol. The predicted molar refractivity (Wildman–Crippen MR) is 70.5 cm³/mol. The molecule has 0 aliphatic heterocycles. The molecule has 0 fully saturated rings. The lowest BCUT2D eigenvalue weighted by molar-refractivity contribution is 0.0710. The van der Waals surface area contributed by atoms with Gasteiger partial charge in [0.05, 0.1) is 6.61 Å². The fourth-order valence-electron chi connectivity index (χ4n) is 1.92. The Labute approximate surface area is 116 Å². The molecule has 6 heteroatoms. The molecule has 0 spiro atoms. The molecule has 2 N–H and O–H groups in total. The smallest absolute Gasteiger partial charge is 0.260 e. The summed E-state index contributed by atoms with van der Waals surface area (Å²) < 4.78 is 26.5. The van der Waals surface area contributed by atoms with Crippen molar-refractivity contribution in [2.45, 2.75) is 26.2 Å². The fraction of sp³-hybridized carbons (Fsp3) is 0.500. The van der Waals surface area contributed by atoms with E-state index in [-0.39, 0.29) is 13.2 Å². The van der Waals surface area contributed by atoms with Crippen LogP contribution in [0.2, 0.25) is 0 Å². The van der Waals surface area contributed by atoms with Crippen LogP contribution >= 0.6 is 0 Å². The van der Waals surface area contributed by atoms with Gasteiger partial charge < -0.3 is 15.1 Å². The van der Waals surface area contributed by atoms with Gasteiger partial charge in [-0.05, 0) is 6.42 Å². The number of amides is 1. The van der Waals surface area contributed by atoms with Crippen LogP contribution < -0.4 is 0 Å². The van der Waals surface area contributed by atoms with E-state index in [1.807, 2.05) is 6.92 Å². The first-order chi connectivity index (χ1) is 9.51. The van der Waals surface area contributed by atoms with Gasteiger partial charge in [0.1, 0.15) is 22.9 Å². The number of carbonyl (C=O) groups is 1. The zero-order valence-corrected chi connectivity index (χ0v) is 11.4. The van der Waals surface area contributed by atoms with Crippen LogP contribution in [0.3, 0.4) is 0 Å². The number of hydrogen-bond acceptors (Lipinski definition) is 3. The highest BCUT2D eigenvalue weighted by atomic mass is 19.1. The number of aromatic hydroxyl groups is 1. The van der Waals surface area contributed by atoms with Crippen LogP contribution in [0, 0.1) is 11.6 Å². The Bertz CT molecular complexity index is 443. The number of rotatable bonds is 7. The fourth-order valence-corrected chi connectivity index (χ4v) is 1.92. The maximum Gasteiger partial charge on any atom is 0.260 e. The number of hydrogen-bond donors (Lipinski definition) is 2. The molecule has 20 heavy (non-hydrogen) atoms. The maximum absolute atomic E-state index is 13.6. The highest BCUT2D eigenvalue weighted by Crippen LogP contribution is 2.23. The molecule has 112 valence electrons. The molecule has 0 aromatic heterocycles. The van der Waals surface area contributed by atoms with Crippen molar-refractivity contribution in [1.82, 2.24) is 4.90 Å². The van der Waals surface area contributed by atoms with E-state index in [9.17, 15) is 18.7 Å². The second-order valence-electron chi connectivity index (χ2n) is 4.50. The average Bonchev–Trinajstić information content (AvgIpc) is 2.36. The molecule has 4 nitrogen and oxygen atoms in total. The normalized spacial score (nSPS) is 10.6. The van der Waals surface area contributed by atoms with E-state index in [1.165, 1.54) is 4.90 Å². The number of unbranched alkanes of at least 4 members (excludes halogenated alkanes) is 2. The van der Waals surface area contributed by atoms with Crippen LogP contribution in [-0.4, -0.2) is 40.7 Å². The third kappa shape index (κ3) is 4.16. The van der Waals surface area contributed by atoms with Gasteiger partial charge in [-0.15, -0.1) is 0 Å². The first-order valence-corrected chi connectivity index (χ1v) is 6.59. The van der Waals surface area contributed by atoms with Crippen LogP contribution in [0.15, 0.2) is 12.1 Å². The number of benzene rings is 1. The number of carbonyl (C=O) groups excluding carboxylic acids is 1. The summed E-state index contributed by atoms with van der Waals surface area (Å²) in [7, 11) is 0. The van der Waals surface area contributed by atoms with Gasteiger partial charge in [0, 0.05) is 25.2 Å². The number of phenols is 1. The minimum atomic E-state index is -1.11. The minimum absolute atomic E-state index is 0.0405. The Morgan fingerprint density at radius 2 is 1.95 bits per heavy atom. The number of phenolic OH excluding ortho intramolecular Hbond substituents is 1. The SMILES string of the molecule is CCCCCN(CCO)C(=O)c1c(O)cc(F)cc1F. The summed E-state index contributed by atoms with van der Waals surface area (Å²) in [5, 5.41) is 18.5. The summed E-state index contributed by atoms with van der Waals surface area (Å²) in [5.74, 6) is -3.53. The first kappa shape index (κ1) is 16.4. The molecular formula is C14H19F2NO3. The number of aliphatic hydroxyl groups excluding tert-OH is 1. The van der Waals surface area contributed by atoms with Gasteiger partial charge in [0.15, 0.2) is 0 Å². The molecule has 1 amide bonds. The Hall–Kier alpha value is -1.69. The molecule has 0 aliphatic carbocycles. The van der Waals surface area contributed by atoms with Gasteiger partial charge in [-0.3, -0.25) is 4.79 Å². The van der Waals surface area contributed by atoms with E-state index in [2.05, 4.69) is 0 Å². The first-order valence-electron chi connectivity index (χ1n) is 6.59. The molecule has 1 aromatic rings. The van der Waals surface area contributed by atoms with E-state index in [0.29, 0.717) is 25.1 Å².